The zero-order valence-corrected chi connectivity index (χ0v) is 23.8. The first kappa shape index (κ1) is 29.2. The zero-order chi connectivity index (χ0) is 27.9. The summed E-state index contributed by atoms with van der Waals surface area (Å²) in [5.41, 5.74) is 4.69. The first-order valence-corrected chi connectivity index (χ1v) is 14.6. The maximum Gasteiger partial charge on any atom is 0.347 e. The van der Waals surface area contributed by atoms with Gasteiger partial charge in [-0.2, -0.15) is 0 Å². The molecule has 6 nitrogen and oxygen atoms in total. The van der Waals surface area contributed by atoms with Gasteiger partial charge in [-0.15, -0.1) is 0 Å². The molecular formula is C31H38NO5P. The molecule has 202 valence electrons. The van der Waals surface area contributed by atoms with Crippen molar-refractivity contribution in [1.82, 2.24) is 5.09 Å². The number of hydrogen-bond donors (Lipinski definition) is 2. The van der Waals surface area contributed by atoms with E-state index in [1.165, 1.54) is 7.11 Å². The molecule has 3 rings (SSSR count). The van der Waals surface area contributed by atoms with Crippen molar-refractivity contribution in [2.45, 2.75) is 59.4 Å². The Bertz CT molecular complexity index is 1340. The highest BCUT2D eigenvalue weighted by molar-refractivity contribution is 7.65. The topological polar surface area (TPSA) is 84.9 Å². The van der Waals surface area contributed by atoms with Gasteiger partial charge in [-0.05, 0) is 74.6 Å². The van der Waals surface area contributed by atoms with Crippen molar-refractivity contribution in [2.24, 2.45) is 0 Å². The van der Waals surface area contributed by atoms with Gasteiger partial charge in [0, 0.05) is 0 Å². The first-order chi connectivity index (χ1) is 18.1. The Morgan fingerprint density at radius 1 is 1.11 bits per heavy atom. The number of nitrogens with one attached hydrogen (secondary N) is 1. The van der Waals surface area contributed by atoms with Crippen LogP contribution in [-0.2, 0) is 20.5 Å². The molecule has 3 aromatic carbocycles. The van der Waals surface area contributed by atoms with E-state index in [9.17, 15) is 14.5 Å². The highest BCUT2D eigenvalue weighted by Gasteiger charge is 2.34. The van der Waals surface area contributed by atoms with Crippen molar-refractivity contribution in [3.63, 3.8) is 0 Å². The Balaban J connectivity index is 2.24. The second-order valence-corrected chi connectivity index (χ2v) is 11.7. The van der Waals surface area contributed by atoms with Gasteiger partial charge in [-0.25, -0.2) is 5.09 Å². The lowest BCUT2D eigenvalue weighted by atomic mass is 9.91. The number of phenolic OH excluding ortho intramolecular Hbond substituents is 1. The second kappa shape index (κ2) is 12.9. The van der Waals surface area contributed by atoms with Crippen molar-refractivity contribution in [1.29, 1.82) is 0 Å². The highest BCUT2D eigenvalue weighted by atomic mass is 31.2. The van der Waals surface area contributed by atoms with E-state index in [0.29, 0.717) is 10.9 Å². The fourth-order valence-electron chi connectivity index (χ4n) is 4.36. The summed E-state index contributed by atoms with van der Waals surface area (Å²) in [5.74, 6) is -0.270. The largest absolute Gasteiger partial charge is 0.507 e. The van der Waals surface area contributed by atoms with Crippen molar-refractivity contribution in [3.05, 3.63) is 83.9 Å². The van der Waals surface area contributed by atoms with Crippen LogP contribution in [0.15, 0.2) is 67.2 Å². The third-order valence-corrected chi connectivity index (χ3v) is 8.51. The van der Waals surface area contributed by atoms with Gasteiger partial charge in [0.05, 0.1) is 18.0 Å². The number of aromatic hydroxyl groups is 1. The number of ether oxygens (including phenoxy) is 1. The van der Waals surface area contributed by atoms with Gasteiger partial charge in [0.25, 0.3) is 0 Å². The average molecular weight is 536 g/mol. The number of phenols is 1. The van der Waals surface area contributed by atoms with E-state index in [0.717, 1.165) is 53.5 Å². The van der Waals surface area contributed by atoms with Crippen LogP contribution in [0.3, 0.4) is 0 Å². The number of benzene rings is 3. The maximum absolute atomic E-state index is 14.5. The Kier molecular flexibility index (Phi) is 9.96. The molecule has 38 heavy (non-hydrogen) atoms. The molecule has 2 atom stereocenters. The third kappa shape index (κ3) is 6.94. The monoisotopic (exact) mass is 535 g/mol. The number of hydrogen-bond acceptors (Lipinski definition) is 5. The summed E-state index contributed by atoms with van der Waals surface area (Å²) in [6.07, 6.45) is 3.80. The number of rotatable bonds is 12. The Morgan fingerprint density at radius 3 is 2.45 bits per heavy atom. The molecule has 0 aliphatic carbocycles. The Labute approximate surface area is 226 Å². The van der Waals surface area contributed by atoms with Crippen LogP contribution < -0.4 is 14.9 Å². The van der Waals surface area contributed by atoms with E-state index in [1.807, 2.05) is 44.2 Å². The number of aryl methyl sites for hydroxylation is 2. The normalized spacial score (nSPS) is 13.4. The molecule has 0 bridgehead atoms. The van der Waals surface area contributed by atoms with Crippen molar-refractivity contribution < 1.29 is 23.7 Å². The molecule has 0 aromatic heterocycles. The molecule has 0 amide bonds. The molecule has 1 unspecified atom stereocenters. The quantitative estimate of drug-likeness (QED) is 0.145. The fourth-order valence-corrected chi connectivity index (χ4v) is 6.27. The molecule has 0 heterocycles. The van der Waals surface area contributed by atoms with Crippen LogP contribution in [0, 0.1) is 6.92 Å². The SMILES string of the molecule is C=C(C)c1ccc(C)cc1-c1c(O)cc(CCCCC)cc1OP(=O)(N[C@@H](C)C(=O)OC)c1ccccc1. The summed E-state index contributed by atoms with van der Waals surface area (Å²) in [6.45, 7) is 11.7. The molecule has 0 aliphatic heterocycles. The molecule has 0 radical (unpaired) electrons. The Morgan fingerprint density at radius 2 is 1.82 bits per heavy atom. The third-order valence-electron chi connectivity index (χ3n) is 6.36. The van der Waals surface area contributed by atoms with Crippen LogP contribution in [0.2, 0.25) is 0 Å². The van der Waals surface area contributed by atoms with E-state index < -0.39 is 19.5 Å². The summed E-state index contributed by atoms with van der Waals surface area (Å²) >= 11 is 0. The molecule has 7 heteroatoms. The number of carbonyl (C=O) groups excluding carboxylic acids is 1. The second-order valence-electron chi connectivity index (χ2n) is 9.63. The number of allylic oxidation sites excluding steroid dienone is 1. The summed E-state index contributed by atoms with van der Waals surface area (Å²) in [6, 6.07) is 17.3. The van der Waals surface area contributed by atoms with E-state index in [4.69, 9.17) is 9.26 Å². The number of esters is 1. The molecule has 0 saturated carbocycles. The van der Waals surface area contributed by atoms with Gasteiger partial charge in [0.2, 0.25) is 0 Å². The summed E-state index contributed by atoms with van der Waals surface area (Å²) in [5, 5.41) is 14.6. The van der Waals surface area contributed by atoms with E-state index in [1.54, 1.807) is 37.3 Å². The summed E-state index contributed by atoms with van der Waals surface area (Å²) in [7, 11) is -2.59. The van der Waals surface area contributed by atoms with Crippen LogP contribution in [0.5, 0.6) is 11.5 Å². The van der Waals surface area contributed by atoms with Crippen molar-refractivity contribution in [3.8, 4) is 22.6 Å². The molecule has 0 saturated heterocycles. The number of carbonyl (C=O) groups is 1. The van der Waals surface area contributed by atoms with Gasteiger partial charge in [0.1, 0.15) is 17.5 Å². The minimum atomic E-state index is -3.87. The molecule has 3 aromatic rings. The number of methoxy groups -OCH3 is 1. The molecular weight excluding hydrogens is 497 g/mol. The van der Waals surface area contributed by atoms with Crippen LogP contribution in [0.4, 0.5) is 0 Å². The number of unbranched alkanes of at least 4 members (excludes halogenated alkanes) is 2. The predicted octanol–water partition coefficient (Wildman–Crippen LogP) is 7.18. The maximum atomic E-state index is 14.5. The van der Waals surface area contributed by atoms with E-state index in [-0.39, 0.29) is 11.5 Å². The fraction of sp³-hybridized carbons (Fsp3) is 0.323. The van der Waals surface area contributed by atoms with Crippen LogP contribution in [-0.4, -0.2) is 24.2 Å². The van der Waals surface area contributed by atoms with E-state index >= 15 is 0 Å². The lowest BCUT2D eigenvalue weighted by Crippen LogP contribution is -2.37. The smallest absolute Gasteiger partial charge is 0.347 e. The molecule has 0 spiro atoms. The molecule has 2 N–H and O–H groups in total. The van der Waals surface area contributed by atoms with Crippen LogP contribution >= 0.6 is 7.52 Å². The van der Waals surface area contributed by atoms with Gasteiger partial charge in [-0.3, -0.25) is 9.36 Å². The summed E-state index contributed by atoms with van der Waals surface area (Å²) in [4.78, 5) is 12.3. The van der Waals surface area contributed by atoms with Gasteiger partial charge in [-0.1, -0.05) is 73.9 Å². The Hall–Kier alpha value is -3.34. The van der Waals surface area contributed by atoms with Gasteiger partial charge >= 0.3 is 13.5 Å². The average Bonchev–Trinajstić information content (AvgIpc) is 2.88. The van der Waals surface area contributed by atoms with Gasteiger partial charge in [0.15, 0.2) is 0 Å². The summed E-state index contributed by atoms with van der Waals surface area (Å²) < 4.78 is 25.8. The standard InChI is InChI=1S/C31H38NO5P/c1-7-8-10-13-24-19-28(33)30(27-18-22(4)16-17-26(27)21(2)3)29(20-24)37-38(35,25-14-11-9-12-15-25)32-23(5)31(34)36-6/h9,11-12,14-20,23,33H,2,7-8,10,13H2,1,3-6H3,(H,32,35)/t23-,38?/m0/s1. The van der Waals surface area contributed by atoms with E-state index in [2.05, 4.69) is 18.6 Å². The zero-order valence-electron chi connectivity index (χ0n) is 22.9. The molecule has 0 aliphatic rings. The first-order valence-electron chi connectivity index (χ1n) is 12.9. The van der Waals surface area contributed by atoms with Crippen molar-refractivity contribution >= 4 is 24.4 Å². The predicted molar refractivity (Wildman–Crippen MR) is 155 cm³/mol. The minimum absolute atomic E-state index is 0.0303. The minimum Gasteiger partial charge on any atom is -0.507 e. The lowest BCUT2D eigenvalue weighted by molar-refractivity contribution is -0.142. The lowest BCUT2D eigenvalue weighted by Gasteiger charge is -2.26. The van der Waals surface area contributed by atoms with Crippen LogP contribution in [0.25, 0.3) is 16.7 Å². The van der Waals surface area contributed by atoms with Gasteiger partial charge < -0.3 is 14.4 Å². The molecule has 0 fully saturated rings. The van der Waals surface area contributed by atoms with Crippen LogP contribution in [0.1, 0.15) is 56.7 Å². The van der Waals surface area contributed by atoms with Crippen molar-refractivity contribution in [2.75, 3.05) is 7.11 Å². The highest BCUT2D eigenvalue weighted by Crippen LogP contribution is 2.50.